The van der Waals surface area contributed by atoms with Crippen LogP contribution in [0.5, 0.6) is 17.2 Å². The zero-order chi connectivity index (χ0) is 21.2. The molecule has 0 spiro atoms. The van der Waals surface area contributed by atoms with E-state index in [0.717, 1.165) is 0 Å². The van der Waals surface area contributed by atoms with Crippen LogP contribution in [0.3, 0.4) is 0 Å². The first-order valence-corrected chi connectivity index (χ1v) is 8.42. The van der Waals surface area contributed by atoms with Crippen LogP contribution < -0.4 is 14.2 Å². The predicted molar refractivity (Wildman–Crippen MR) is 106 cm³/mol. The van der Waals surface area contributed by atoms with Crippen molar-refractivity contribution >= 4 is 24.1 Å². The summed E-state index contributed by atoms with van der Waals surface area (Å²) < 4.78 is 20.2. The van der Waals surface area contributed by atoms with Gasteiger partial charge in [-0.25, -0.2) is 9.59 Å². The number of nitriles is 1. The molecule has 2 aromatic rings. The molecule has 0 aliphatic heterocycles. The van der Waals surface area contributed by atoms with E-state index in [9.17, 15) is 9.59 Å². The molecule has 0 unspecified atom stereocenters. The molecule has 0 N–H and O–H groups in total. The Hall–Kier alpha value is -4.05. The van der Waals surface area contributed by atoms with Crippen molar-refractivity contribution in [3.63, 3.8) is 0 Å². The summed E-state index contributed by atoms with van der Waals surface area (Å²) in [5.41, 5.74) is 1.03. The van der Waals surface area contributed by atoms with Crippen LogP contribution >= 0.6 is 0 Å². The number of carbonyl (C=O) groups is 2. The first-order chi connectivity index (χ1) is 14.0. The first kappa shape index (κ1) is 21.3. The number of ether oxygens (including phenoxy) is 4. The standard InChI is InChI=1S/C22H19NO6/c1-26-18-9-7-16(20(13-18)27-2)8-10-21(24)29-19-6-4-5-15(12-19)11-17(14-23)22(25)28-3/h4-13H,1-3H3/b10-8+,17-11+. The van der Waals surface area contributed by atoms with Gasteiger partial charge < -0.3 is 18.9 Å². The van der Waals surface area contributed by atoms with Gasteiger partial charge in [-0.2, -0.15) is 5.26 Å². The average molecular weight is 393 g/mol. The van der Waals surface area contributed by atoms with Gasteiger partial charge in [0, 0.05) is 17.7 Å². The molecule has 0 aromatic heterocycles. The Morgan fingerprint density at radius 2 is 1.79 bits per heavy atom. The average Bonchev–Trinajstić information content (AvgIpc) is 2.75. The maximum absolute atomic E-state index is 12.1. The van der Waals surface area contributed by atoms with Gasteiger partial charge in [0.05, 0.1) is 21.3 Å². The van der Waals surface area contributed by atoms with Crippen molar-refractivity contribution in [2.24, 2.45) is 0 Å². The molecule has 2 rings (SSSR count). The lowest BCUT2D eigenvalue weighted by Crippen LogP contribution is -2.04. The number of rotatable bonds is 7. The predicted octanol–water partition coefficient (Wildman–Crippen LogP) is 3.40. The van der Waals surface area contributed by atoms with E-state index in [1.54, 1.807) is 55.7 Å². The van der Waals surface area contributed by atoms with Crippen molar-refractivity contribution in [2.45, 2.75) is 0 Å². The largest absolute Gasteiger partial charge is 0.497 e. The zero-order valence-electron chi connectivity index (χ0n) is 16.2. The highest BCUT2D eigenvalue weighted by Gasteiger charge is 2.09. The highest BCUT2D eigenvalue weighted by atomic mass is 16.5. The van der Waals surface area contributed by atoms with Gasteiger partial charge in [-0.05, 0) is 42.0 Å². The molecule has 29 heavy (non-hydrogen) atoms. The topological polar surface area (TPSA) is 94.9 Å². The van der Waals surface area contributed by atoms with E-state index in [1.165, 1.54) is 32.4 Å². The second-order valence-corrected chi connectivity index (χ2v) is 5.60. The molecule has 7 nitrogen and oxygen atoms in total. The highest BCUT2D eigenvalue weighted by molar-refractivity contribution is 5.97. The van der Waals surface area contributed by atoms with E-state index < -0.39 is 11.9 Å². The number of hydrogen-bond acceptors (Lipinski definition) is 7. The van der Waals surface area contributed by atoms with Crippen LogP contribution in [0.2, 0.25) is 0 Å². The fourth-order valence-corrected chi connectivity index (χ4v) is 2.35. The fraction of sp³-hybridized carbons (Fsp3) is 0.136. The molecule has 148 valence electrons. The van der Waals surface area contributed by atoms with Crippen LogP contribution in [0.25, 0.3) is 12.2 Å². The summed E-state index contributed by atoms with van der Waals surface area (Å²) in [6.07, 6.45) is 4.18. The van der Waals surface area contributed by atoms with Crippen molar-refractivity contribution in [3.8, 4) is 23.3 Å². The van der Waals surface area contributed by atoms with Gasteiger partial charge in [0.25, 0.3) is 0 Å². The maximum atomic E-state index is 12.1. The van der Waals surface area contributed by atoms with Crippen molar-refractivity contribution < 1.29 is 28.5 Å². The monoisotopic (exact) mass is 393 g/mol. The summed E-state index contributed by atoms with van der Waals surface area (Å²) in [5.74, 6) is 0.100. The van der Waals surface area contributed by atoms with Gasteiger partial charge in [0.15, 0.2) is 0 Å². The molecule has 0 bridgehead atoms. The normalized spacial score (nSPS) is 10.9. The minimum atomic E-state index is -0.744. The van der Waals surface area contributed by atoms with Gasteiger partial charge >= 0.3 is 11.9 Å². The summed E-state index contributed by atoms with van der Waals surface area (Å²) in [4.78, 5) is 23.6. The minimum absolute atomic E-state index is 0.164. The first-order valence-electron chi connectivity index (χ1n) is 8.42. The van der Waals surface area contributed by atoms with E-state index >= 15 is 0 Å². The Morgan fingerprint density at radius 3 is 2.45 bits per heavy atom. The van der Waals surface area contributed by atoms with E-state index in [2.05, 4.69) is 4.74 Å². The van der Waals surface area contributed by atoms with Crippen LogP contribution in [0.1, 0.15) is 11.1 Å². The van der Waals surface area contributed by atoms with E-state index in [1.807, 2.05) is 0 Å². The molecule has 0 fully saturated rings. The lowest BCUT2D eigenvalue weighted by Gasteiger charge is -2.07. The SMILES string of the molecule is COC(=O)/C(C#N)=C/c1cccc(OC(=O)/C=C/c2ccc(OC)cc2OC)c1. The summed E-state index contributed by atoms with van der Waals surface area (Å²) in [5, 5.41) is 9.03. The van der Waals surface area contributed by atoms with Crippen molar-refractivity contribution in [1.82, 2.24) is 0 Å². The van der Waals surface area contributed by atoms with Crippen LogP contribution in [0.15, 0.2) is 54.1 Å². The third-order valence-electron chi connectivity index (χ3n) is 3.75. The maximum Gasteiger partial charge on any atom is 0.348 e. The molecule has 7 heteroatoms. The van der Waals surface area contributed by atoms with Crippen LogP contribution in [-0.4, -0.2) is 33.3 Å². The third-order valence-corrected chi connectivity index (χ3v) is 3.75. The van der Waals surface area contributed by atoms with Gasteiger partial charge in [0.2, 0.25) is 0 Å². The zero-order valence-corrected chi connectivity index (χ0v) is 16.2. The Bertz CT molecular complexity index is 1000. The molecule has 2 aromatic carbocycles. The van der Waals surface area contributed by atoms with E-state index in [-0.39, 0.29) is 11.3 Å². The molecule has 0 atom stereocenters. The van der Waals surface area contributed by atoms with Crippen LogP contribution in [0.4, 0.5) is 0 Å². The number of hydrogen-bond donors (Lipinski definition) is 0. The van der Waals surface area contributed by atoms with E-state index in [0.29, 0.717) is 22.6 Å². The molecule has 0 heterocycles. The summed E-state index contributed by atoms with van der Waals surface area (Å²) in [6.45, 7) is 0. The van der Waals surface area contributed by atoms with Gasteiger partial charge in [-0.3, -0.25) is 0 Å². The Morgan fingerprint density at radius 1 is 1.00 bits per heavy atom. The van der Waals surface area contributed by atoms with Gasteiger partial charge in [-0.15, -0.1) is 0 Å². The quantitative estimate of drug-likeness (QED) is 0.308. The highest BCUT2D eigenvalue weighted by Crippen LogP contribution is 2.25. The molecular formula is C22H19NO6. The van der Waals surface area contributed by atoms with Crippen LogP contribution in [-0.2, 0) is 14.3 Å². The molecule has 0 aliphatic rings. The Kier molecular flexibility index (Phi) is 7.57. The van der Waals surface area contributed by atoms with Crippen molar-refractivity contribution in [2.75, 3.05) is 21.3 Å². The lowest BCUT2D eigenvalue weighted by molar-refractivity contribution is -0.135. The third kappa shape index (κ3) is 5.97. The number of nitrogens with zero attached hydrogens (tertiary/aromatic N) is 1. The number of benzene rings is 2. The van der Waals surface area contributed by atoms with Crippen molar-refractivity contribution in [1.29, 1.82) is 5.26 Å². The number of carbonyl (C=O) groups excluding carboxylic acids is 2. The molecule has 0 saturated heterocycles. The fourth-order valence-electron chi connectivity index (χ4n) is 2.35. The van der Waals surface area contributed by atoms with Gasteiger partial charge in [-0.1, -0.05) is 12.1 Å². The molecule has 0 radical (unpaired) electrons. The summed E-state index contributed by atoms with van der Waals surface area (Å²) in [7, 11) is 4.26. The lowest BCUT2D eigenvalue weighted by atomic mass is 10.1. The number of methoxy groups -OCH3 is 3. The van der Waals surface area contributed by atoms with Gasteiger partial charge in [0.1, 0.15) is 28.9 Å². The minimum Gasteiger partial charge on any atom is -0.497 e. The molecule has 0 aliphatic carbocycles. The second-order valence-electron chi connectivity index (χ2n) is 5.60. The van der Waals surface area contributed by atoms with Crippen molar-refractivity contribution in [3.05, 3.63) is 65.2 Å². The Labute approximate surface area is 168 Å². The Balaban J connectivity index is 2.14. The molecule has 0 saturated carbocycles. The van der Waals surface area contributed by atoms with Crippen LogP contribution in [0, 0.1) is 11.3 Å². The second kappa shape index (κ2) is 10.3. The summed E-state index contributed by atoms with van der Waals surface area (Å²) in [6, 6.07) is 13.4. The molecule has 0 amide bonds. The summed E-state index contributed by atoms with van der Waals surface area (Å²) >= 11 is 0. The number of esters is 2. The smallest absolute Gasteiger partial charge is 0.348 e. The molecular weight excluding hydrogens is 374 g/mol. The van der Waals surface area contributed by atoms with E-state index in [4.69, 9.17) is 19.5 Å².